The van der Waals surface area contributed by atoms with E-state index in [-0.39, 0.29) is 17.8 Å². The molecule has 0 bridgehead atoms. The molecule has 0 spiro atoms. The first-order valence-corrected chi connectivity index (χ1v) is 10.1. The van der Waals surface area contributed by atoms with Crippen LogP contribution in [0.1, 0.15) is 24.1 Å². The van der Waals surface area contributed by atoms with Crippen molar-refractivity contribution in [2.24, 2.45) is 0 Å². The molecule has 31 heavy (non-hydrogen) atoms. The third-order valence-electron chi connectivity index (χ3n) is 5.54. The third-order valence-corrected chi connectivity index (χ3v) is 5.54. The predicted octanol–water partition coefficient (Wildman–Crippen LogP) is 5.41. The van der Waals surface area contributed by atoms with E-state index in [0.717, 1.165) is 27.9 Å². The highest BCUT2D eigenvalue weighted by molar-refractivity contribution is 6.06. The van der Waals surface area contributed by atoms with Gasteiger partial charge in [-0.2, -0.15) is 0 Å². The van der Waals surface area contributed by atoms with E-state index in [1.165, 1.54) is 12.1 Å². The van der Waals surface area contributed by atoms with E-state index >= 15 is 0 Å². The highest BCUT2D eigenvalue weighted by Gasteiger charge is 2.34. The number of nitrogens with zero attached hydrogens (tertiary/aromatic N) is 2. The number of carbonyl (C=O) groups is 1. The lowest BCUT2D eigenvalue weighted by molar-refractivity contribution is -0.113. The van der Waals surface area contributed by atoms with Crippen LogP contribution in [0.5, 0.6) is 0 Å². The maximum atomic E-state index is 13.5. The number of anilines is 2. The monoisotopic (exact) mass is 412 g/mol. The van der Waals surface area contributed by atoms with Gasteiger partial charge < -0.3 is 10.6 Å². The SMILES string of the molecule is CC1=C(C(=O)Nc2ccc(F)cc2)[C@@H](c2cccc(C)c2)n2c(nc3ccccc32)N1. The highest BCUT2D eigenvalue weighted by atomic mass is 19.1. The minimum Gasteiger partial charge on any atom is -0.329 e. The number of benzene rings is 3. The number of carbonyl (C=O) groups excluding carboxylic acids is 1. The number of amides is 1. The van der Waals surface area contributed by atoms with Crippen molar-refractivity contribution >= 4 is 28.6 Å². The summed E-state index contributed by atoms with van der Waals surface area (Å²) in [5.74, 6) is 0.106. The van der Waals surface area contributed by atoms with Crippen LogP contribution in [0.15, 0.2) is 84.1 Å². The van der Waals surface area contributed by atoms with Crippen molar-refractivity contribution in [2.75, 3.05) is 10.6 Å². The van der Waals surface area contributed by atoms with Crippen LogP contribution in [0, 0.1) is 12.7 Å². The van der Waals surface area contributed by atoms with Crippen LogP contribution in [-0.4, -0.2) is 15.5 Å². The number of aryl methyl sites for hydroxylation is 1. The largest absolute Gasteiger partial charge is 0.329 e. The quantitative estimate of drug-likeness (QED) is 0.473. The first-order chi connectivity index (χ1) is 15.0. The van der Waals surface area contributed by atoms with Crippen molar-refractivity contribution in [1.82, 2.24) is 9.55 Å². The van der Waals surface area contributed by atoms with Crippen molar-refractivity contribution in [3.8, 4) is 0 Å². The Balaban J connectivity index is 1.66. The summed E-state index contributed by atoms with van der Waals surface area (Å²) in [6.45, 7) is 3.91. The number of nitrogens with one attached hydrogen (secondary N) is 2. The van der Waals surface area contributed by atoms with Crippen LogP contribution in [0.3, 0.4) is 0 Å². The third kappa shape index (κ3) is 3.36. The van der Waals surface area contributed by atoms with Crippen LogP contribution < -0.4 is 10.6 Å². The zero-order valence-electron chi connectivity index (χ0n) is 17.2. The second-order valence-corrected chi connectivity index (χ2v) is 7.74. The Bertz CT molecular complexity index is 1340. The van der Waals surface area contributed by atoms with E-state index in [0.29, 0.717) is 17.2 Å². The number of hydrogen-bond donors (Lipinski definition) is 2. The number of halogens is 1. The molecule has 154 valence electrons. The maximum absolute atomic E-state index is 13.5. The van der Waals surface area contributed by atoms with Crippen molar-refractivity contribution in [2.45, 2.75) is 19.9 Å². The second kappa shape index (κ2) is 7.40. The summed E-state index contributed by atoms with van der Waals surface area (Å²) < 4.78 is 15.4. The molecule has 3 aromatic carbocycles. The van der Waals surface area contributed by atoms with E-state index in [1.54, 1.807) is 12.1 Å². The fourth-order valence-electron chi connectivity index (χ4n) is 4.15. The van der Waals surface area contributed by atoms with Gasteiger partial charge in [0.15, 0.2) is 0 Å². The lowest BCUT2D eigenvalue weighted by Gasteiger charge is -2.31. The van der Waals surface area contributed by atoms with Gasteiger partial charge in [0.2, 0.25) is 5.95 Å². The molecule has 2 heterocycles. The molecule has 2 N–H and O–H groups in total. The average Bonchev–Trinajstić information content (AvgIpc) is 3.12. The molecule has 0 saturated carbocycles. The molecular weight excluding hydrogens is 391 g/mol. The Morgan fingerprint density at radius 3 is 2.58 bits per heavy atom. The molecule has 1 aliphatic rings. The molecule has 0 saturated heterocycles. The fraction of sp³-hybridized carbons (Fsp3) is 0.120. The number of para-hydroxylation sites is 2. The summed E-state index contributed by atoms with van der Waals surface area (Å²) in [6.07, 6.45) is 0. The summed E-state index contributed by atoms with van der Waals surface area (Å²) in [6, 6.07) is 21.4. The van der Waals surface area contributed by atoms with Gasteiger partial charge in [0.1, 0.15) is 5.82 Å². The molecule has 0 aliphatic carbocycles. The number of aromatic nitrogens is 2. The molecule has 4 aromatic rings. The van der Waals surface area contributed by atoms with Crippen LogP contribution in [0.4, 0.5) is 16.0 Å². The van der Waals surface area contributed by atoms with Gasteiger partial charge in [0.05, 0.1) is 22.6 Å². The number of allylic oxidation sites excluding steroid dienone is 1. The molecule has 1 atom stereocenters. The van der Waals surface area contributed by atoms with Gasteiger partial charge in [0, 0.05) is 11.4 Å². The summed E-state index contributed by atoms with van der Waals surface area (Å²) in [4.78, 5) is 18.2. The summed E-state index contributed by atoms with van der Waals surface area (Å²) in [5.41, 5.74) is 5.76. The maximum Gasteiger partial charge on any atom is 0.255 e. The molecule has 0 radical (unpaired) electrons. The lowest BCUT2D eigenvalue weighted by atomic mass is 9.93. The Hall–Kier alpha value is -3.93. The average molecular weight is 412 g/mol. The number of fused-ring (bicyclic) bond motifs is 3. The summed E-state index contributed by atoms with van der Waals surface area (Å²) in [5, 5.41) is 6.22. The topological polar surface area (TPSA) is 59.0 Å². The van der Waals surface area contributed by atoms with Crippen LogP contribution in [0.2, 0.25) is 0 Å². The normalized spacial score (nSPS) is 15.5. The second-order valence-electron chi connectivity index (χ2n) is 7.74. The first-order valence-electron chi connectivity index (χ1n) is 10.1. The molecule has 1 amide bonds. The molecule has 1 aromatic heterocycles. The zero-order valence-corrected chi connectivity index (χ0v) is 17.2. The summed E-state index contributed by atoms with van der Waals surface area (Å²) in [7, 11) is 0. The van der Waals surface area contributed by atoms with Crippen LogP contribution in [0.25, 0.3) is 11.0 Å². The highest BCUT2D eigenvalue weighted by Crippen LogP contribution is 2.39. The number of imidazole rings is 1. The molecular formula is C25H21FN4O. The van der Waals surface area contributed by atoms with Gasteiger partial charge in [-0.1, -0.05) is 42.0 Å². The molecule has 1 aliphatic heterocycles. The Morgan fingerprint density at radius 1 is 1.03 bits per heavy atom. The van der Waals surface area contributed by atoms with E-state index in [4.69, 9.17) is 4.98 Å². The lowest BCUT2D eigenvalue weighted by Crippen LogP contribution is -2.31. The van der Waals surface area contributed by atoms with Gasteiger partial charge in [-0.3, -0.25) is 9.36 Å². The standard InChI is InChI=1S/C25H21FN4O/c1-15-6-5-7-17(14-15)23-22(24(31)28-19-12-10-18(26)11-13-19)16(2)27-25-29-20-8-3-4-9-21(20)30(23)25/h3-14,23H,1-2H3,(H,27,29)(H,28,31)/t23-/m1/s1. The fourth-order valence-corrected chi connectivity index (χ4v) is 4.15. The van der Waals surface area contributed by atoms with Crippen molar-refractivity contribution in [3.63, 3.8) is 0 Å². The number of hydrogen-bond acceptors (Lipinski definition) is 3. The van der Waals surface area contributed by atoms with Gasteiger partial charge in [-0.25, -0.2) is 9.37 Å². The van der Waals surface area contributed by atoms with E-state index in [2.05, 4.69) is 21.3 Å². The number of rotatable bonds is 3. The Labute approximate surface area is 179 Å². The van der Waals surface area contributed by atoms with Gasteiger partial charge in [0.25, 0.3) is 5.91 Å². The van der Waals surface area contributed by atoms with E-state index in [9.17, 15) is 9.18 Å². The molecule has 6 heteroatoms. The smallest absolute Gasteiger partial charge is 0.255 e. The van der Waals surface area contributed by atoms with Crippen LogP contribution >= 0.6 is 0 Å². The van der Waals surface area contributed by atoms with Gasteiger partial charge in [-0.05, 0) is 55.8 Å². The minimum absolute atomic E-state index is 0.244. The molecule has 5 nitrogen and oxygen atoms in total. The first kappa shape index (κ1) is 19.1. The Kier molecular flexibility index (Phi) is 4.55. The van der Waals surface area contributed by atoms with Gasteiger partial charge >= 0.3 is 0 Å². The zero-order chi connectivity index (χ0) is 21.5. The van der Waals surface area contributed by atoms with Crippen LogP contribution in [-0.2, 0) is 4.79 Å². The van der Waals surface area contributed by atoms with Crippen molar-refractivity contribution in [3.05, 3.63) is 101 Å². The van der Waals surface area contributed by atoms with Gasteiger partial charge in [-0.15, -0.1) is 0 Å². The molecule has 0 unspecified atom stereocenters. The predicted molar refractivity (Wildman–Crippen MR) is 120 cm³/mol. The Morgan fingerprint density at radius 2 is 1.81 bits per heavy atom. The van der Waals surface area contributed by atoms with E-state index < -0.39 is 0 Å². The molecule has 5 rings (SSSR count). The van der Waals surface area contributed by atoms with Crippen molar-refractivity contribution in [1.29, 1.82) is 0 Å². The molecule has 0 fully saturated rings. The summed E-state index contributed by atoms with van der Waals surface area (Å²) >= 11 is 0. The van der Waals surface area contributed by atoms with Crippen molar-refractivity contribution < 1.29 is 9.18 Å². The minimum atomic E-state index is -0.357. The van der Waals surface area contributed by atoms with E-state index in [1.807, 2.05) is 56.3 Å².